The molecule has 0 spiro atoms. The summed E-state index contributed by atoms with van der Waals surface area (Å²) in [5, 5.41) is 1.09. The molecule has 1 aliphatic heterocycles. The molecule has 0 N–H and O–H groups in total. The predicted octanol–water partition coefficient (Wildman–Crippen LogP) is 3.59. The third kappa shape index (κ3) is 3.93. The number of likely N-dealkylation sites (N-methyl/N-ethyl adjacent to an activating group) is 1. The summed E-state index contributed by atoms with van der Waals surface area (Å²) in [6.45, 7) is 2.12. The number of aromatic nitrogens is 2. The Hall–Kier alpha value is -1.17. The summed E-state index contributed by atoms with van der Waals surface area (Å²) in [4.78, 5) is 2.34. The van der Waals surface area contributed by atoms with Gasteiger partial charge in [-0.15, -0.1) is 11.8 Å². The molecule has 3 rings (SSSR count). The van der Waals surface area contributed by atoms with Crippen LogP contribution in [-0.4, -0.2) is 39.5 Å². The molecule has 1 aliphatic rings. The van der Waals surface area contributed by atoms with Crippen molar-refractivity contribution in [3.63, 3.8) is 0 Å². The molecule has 0 aliphatic carbocycles. The minimum absolute atomic E-state index is 0.984. The molecule has 0 unspecified atom stereocenters. The number of thioether (sulfide) groups is 1. The number of benzene rings is 1. The van der Waals surface area contributed by atoms with E-state index in [-0.39, 0.29) is 0 Å². The Labute approximate surface area is 134 Å². The van der Waals surface area contributed by atoms with Crippen molar-refractivity contribution in [2.45, 2.75) is 17.9 Å². The highest BCUT2D eigenvalue weighted by molar-refractivity contribution is 7.99. The fourth-order valence-electron chi connectivity index (χ4n) is 2.45. The molecule has 0 saturated carbocycles. The molecule has 0 radical (unpaired) electrons. The smallest absolute Gasteiger partial charge is 0.138 e. The van der Waals surface area contributed by atoms with Crippen LogP contribution in [0.2, 0.25) is 0 Å². The van der Waals surface area contributed by atoms with E-state index in [2.05, 4.69) is 57.1 Å². The van der Waals surface area contributed by atoms with E-state index in [1.54, 1.807) is 0 Å². The Morgan fingerprint density at radius 1 is 1.24 bits per heavy atom. The maximum Gasteiger partial charge on any atom is 0.138 e. The van der Waals surface area contributed by atoms with Gasteiger partial charge in [0.25, 0.3) is 0 Å². The molecular formula is C16H19N3S2. The quantitative estimate of drug-likeness (QED) is 0.788. The third-order valence-corrected chi connectivity index (χ3v) is 5.19. The SMILES string of the molecule is CN1CCC=C(c2nsnc2SCCc2ccccc2)C1. The van der Waals surface area contributed by atoms with Crippen LogP contribution in [0, 0.1) is 0 Å². The maximum atomic E-state index is 4.51. The van der Waals surface area contributed by atoms with Crippen LogP contribution in [0.3, 0.4) is 0 Å². The normalized spacial score (nSPS) is 16.0. The molecule has 0 bridgehead atoms. The first-order chi connectivity index (χ1) is 10.3. The average Bonchev–Trinajstić information content (AvgIpc) is 2.97. The zero-order valence-corrected chi connectivity index (χ0v) is 13.8. The zero-order chi connectivity index (χ0) is 14.5. The van der Waals surface area contributed by atoms with Gasteiger partial charge in [0.05, 0.1) is 11.7 Å². The van der Waals surface area contributed by atoms with Gasteiger partial charge in [0.2, 0.25) is 0 Å². The van der Waals surface area contributed by atoms with Gasteiger partial charge in [0.15, 0.2) is 0 Å². The Morgan fingerprint density at radius 3 is 2.90 bits per heavy atom. The molecule has 1 aromatic carbocycles. The lowest BCUT2D eigenvalue weighted by Crippen LogP contribution is -2.25. The van der Waals surface area contributed by atoms with Crippen LogP contribution >= 0.6 is 23.5 Å². The molecule has 0 fully saturated rings. The highest BCUT2D eigenvalue weighted by atomic mass is 32.2. The van der Waals surface area contributed by atoms with Crippen molar-refractivity contribution < 1.29 is 0 Å². The Morgan fingerprint density at radius 2 is 2.10 bits per heavy atom. The van der Waals surface area contributed by atoms with Gasteiger partial charge in [0, 0.05) is 18.8 Å². The van der Waals surface area contributed by atoms with Gasteiger partial charge < -0.3 is 4.90 Å². The van der Waals surface area contributed by atoms with Crippen LogP contribution in [0.25, 0.3) is 5.57 Å². The Bertz CT molecular complexity index is 607. The van der Waals surface area contributed by atoms with Gasteiger partial charge in [-0.1, -0.05) is 36.4 Å². The fraction of sp³-hybridized carbons (Fsp3) is 0.375. The van der Waals surface area contributed by atoms with Crippen molar-refractivity contribution in [1.82, 2.24) is 13.6 Å². The number of hydrogen-bond acceptors (Lipinski definition) is 5. The summed E-state index contributed by atoms with van der Waals surface area (Å²) >= 11 is 3.15. The lowest BCUT2D eigenvalue weighted by molar-refractivity contribution is 0.372. The van der Waals surface area contributed by atoms with Crippen LogP contribution in [-0.2, 0) is 6.42 Å². The van der Waals surface area contributed by atoms with Crippen molar-refractivity contribution in [2.75, 3.05) is 25.9 Å². The first kappa shape index (κ1) is 14.8. The second-order valence-electron chi connectivity index (χ2n) is 5.26. The van der Waals surface area contributed by atoms with E-state index in [1.165, 1.54) is 22.9 Å². The molecule has 0 amide bonds. The lowest BCUT2D eigenvalue weighted by Gasteiger charge is -2.22. The summed E-state index contributed by atoms with van der Waals surface area (Å²) in [6.07, 6.45) is 4.50. The molecule has 21 heavy (non-hydrogen) atoms. The lowest BCUT2D eigenvalue weighted by atomic mass is 10.1. The minimum atomic E-state index is 0.984. The molecule has 3 nitrogen and oxygen atoms in total. The fourth-order valence-corrected chi connectivity index (χ4v) is 4.15. The summed E-state index contributed by atoms with van der Waals surface area (Å²) in [6, 6.07) is 10.6. The first-order valence-corrected chi connectivity index (χ1v) is 8.92. The number of aryl methyl sites for hydroxylation is 1. The van der Waals surface area contributed by atoms with E-state index in [0.29, 0.717) is 0 Å². The van der Waals surface area contributed by atoms with Gasteiger partial charge in [-0.3, -0.25) is 0 Å². The van der Waals surface area contributed by atoms with Gasteiger partial charge in [0.1, 0.15) is 10.7 Å². The highest BCUT2D eigenvalue weighted by Crippen LogP contribution is 2.29. The van der Waals surface area contributed by atoms with Crippen LogP contribution < -0.4 is 0 Å². The van der Waals surface area contributed by atoms with Crippen LogP contribution in [0.4, 0.5) is 0 Å². The first-order valence-electron chi connectivity index (χ1n) is 7.20. The minimum Gasteiger partial charge on any atom is -0.302 e. The molecule has 2 heterocycles. The molecular weight excluding hydrogens is 298 g/mol. The second-order valence-corrected chi connectivity index (χ2v) is 6.87. The Kier molecular flexibility index (Phi) is 5.06. The summed E-state index contributed by atoms with van der Waals surface area (Å²) < 4.78 is 9.00. The number of hydrogen-bond donors (Lipinski definition) is 0. The van der Waals surface area contributed by atoms with E-state index >= 15 is 0 Å². The average molecular weight is 317 g/mol. The van der Waals surface area contributed by atoms with E-state index in [0.717, 1.165) is 42.4 Å². The third-order valence-electron chi connectivity index (χ3n) is 3.58. The van der Waals surface area contributed by atoms with Crippen LogP contribution in [0.15, 0.2) is 41.4 Å². The molecule has 1 aromatic heterocycles. The van der Waals surface area contributed by atoms with E-state index in [1.807, 2.05) is 11.8 Å². The van der Waals surface area contributed by atoms with Gasteiger partial charge >= 0.3 is 0 Å². The second kappa shape index (κ2) is 7.20. The molecule has 0 saturated heterocycles. The topological polar surface area (TPSA) is 29.0 Å². The van der Waals surface area contributed by atoms with Crippen molar-refractivity contribution in [3.8, 4) is 0 Å². The Balaban J connectivity index is 1.62. The largest absolute Gasteiger partial charge is 0.302 e. The van der Waals surface area contributed by atoms with Crippen molar-refractivity contribution in [1.29, 1.82) is 0 Å². The summed E-state index contributed by atoms with van der Waals surface area (Å²) in [5.41, 5.74) is 3.82. The van der Waals surface area contributed by atoms with E-state index in [4.69, 9.17) is 0 Å². The molecule has 2 aromatic rings. The number of rotatable bonds is 5. The van der Waals surface area contributed by atoms with Crippen molar-refractivity contribution >= 4 is 29.1 Å². The van der Waals surface area contributed by atoms with Crippen molar-refractivity contribution in [2.24, 2.45) is 0 Å². The summed E-state index contributed by atoms with van der Waals surface area (Å²) in [5.74, 6) is 1.05. The van der Waals surface area contributed by atoms with E-state index in [9.17, 15) is 0 Å². The summed E-state index contributed by atoms with van der Waals surface area (Å²) in [7, 11) is 2.16. The van der Waals surface area contributed by atoms with Gasteiger partial charge in [-0.2, -0.15) is 8.75 Å². The van der Waals surface area contributed by atoms with E-state index < -0.39 is 0 Å². The zero-order valence-electron chi connectivity index (χ0n) is 12.2. The maximum absolute atomic E-state index is 4.51. The van der Waals surface area contributed by atoms with Gasteiger partial charge in [-0.05, 0) is 31.0 Å². The molecule has 0 atom stereocenters. The predicted molar refractivity (Wildman–Crippen MR) is 90.9 cm³/mol. The van der Waals surface area contributed by atoms with Crippen molar-refractivity contribution in [3.05, 3.63) is 47.7 Å². The molecule has 110 valence electrons. The van der Waals surface area contributed by atoms with Crippen LogP contribution in [0.5, 0.6) is 0 Å². The highest BCUT2D eigenvalue weighted by Gasteiger charge is 2.17. The van der Waals surface area contributed by atoms with Crippen LogP contribution in [0.1, 0.15) is 17.7 Å². The monoisotopic (exact) mass is 317 g/mol. The standard InChI is InChI=1S/C16H19N3S2/c1-19-10-5-8-14(12-19)15-16(18-21-17-15)20-11-9-13-6-3-2-4-7-13/h2-4,6-8H,5,9-12H2,1H3. The molecule has 5 heteroatoms. The van der Waals surface area contributed by atoms with Gasteiger partial charge in [-0.25, -0.2) is 0 Å². The number of nitrogens with zero attached hydrogens (tertiary/aromatic N) is 3.